The minimum absolute atomic E-state index is 0.321. The third-order valence-electron chi connectivity index (χ3n) is 7.49. The number of benzene rings is 2. The Morgan fingerprint density at radius 1 is 1.05 bits per heavy atom. The fourth-order valence-electron chi connectivity index (χ4n) is 5.67. The van der Waals surface area contributed by atoms with Gasteiger partial charge in [-0.3, -0.25) is 19.7 Å². The van der Waals surface area contributed by atoms with Crippen LogP contribution in [0.2, 0.25) is 0 Å². The number of carbonyl (C=O) groups is 3. The number of nitrogens with zero attached hydrogens (tertiary/aromatic N) is 3. The molecule has 2 aliphatic rings. The Bertz CT molecular complexity index is 1340. The van der Waals surface area contributed by atoms with Crippen LogP contribution < -0.4 is 10.2 Å². The lowest BCUT2D eigenvalue weighted by Crippen LogP contribution is -2.56. The van der Waals surface area contributed by atoms with Gasteiger partial charge < -0.3 is 4.74 Å². The SMILES string of the molecule is COC(=O)[C@]1(CCSC)N[C@H](c2cn(-c3ccccc3)nc2C)[C@@H]2C(=O)N(c3ccc(C)cc3)C(=O)[C@@H]21. The summed E-state index contributed by atoms with van der Waals surface area (Å²) in [6.45, 7) is 3.83. The van der Waals surface area contributed by atoms with Gasteiger partial charge in [-0.05, 0) is 56.5 Å². The second-order valence-corrected chi connectivity index (χ2v) is 10.6. The van der Waals surface area contributed by atoms with Gasteiger partial charge in [0.25, 0.3) is 0 Å². The number of anilines is 1. The smallest absolute Gasteiger partial charge is 0.326 e. The third kappa shape index (κ3) is 4.06. The molecule has 9 heteroatoms. The van der Waals surface area contributed by atoms with Crippen molar-refractivity contribution in [3.8, 4) is 5.69 Å². The molecule has 1 N–H and O–H groups in total. The molecule has 2 aromatic carbocycles. The van der Waals surface area contributed by atoms with E-state index in [1.807, 2.05) is 68.8 Å². The number of hydrogen-bond donors (Lipinski definition) is 1. The van der Waals surface area contributed by atoms with Crippen molar-refractivity contribution in [2.24, 2.45) is 11.8 Å². The van der Waals surface area contributed by atoms with E-state index in [1.165, 1.54) is 12.0 Å². The Kier molecular flexibility index (Phi) is 6.68. The number of aromatic nitrogens is 2. The fraction of sp³-hybridized carbons (Fsp3) is 0.357. The van der Waals surface area contributed by atoms with Gasteiger partial charge in [-0.1, -0.05) is 35.9 Å². The number of fused-ring (bicyclic) bond motifs is 1. The summed E-state index contributed by atoms with van der Waals surface area (Å²) in [5.41, 5.74) is 2.58. The van der Waals surface area contributed by atoms with Crippen molar-refractivity contribution in [3.63, 3.8) is 0 Å². The molecular weight excluding hydrogens is 488 g/mol. The van der Waals surface area contributed by atoms with Crippen LogP contribution in [-0.4, -0.2) is 52.2 Å². The molecule has 3 aromatic rings. The van der Waals surface area contributed by atoms with Crippen molar-refractivity contribution in [1.82, 2.24) is 15.1 Å². The Hall–Kier alpha value is -3.43. The quantitative estimate of drug-likeness (QED) is 0.377. The molecule has 1 aromatic heterocycles. The lowest BCUT2D eigenvalue weighted by atomic mass is 9.78. The third-order valence-corrected chi connectivity index (χ3v) is 8.10. The zero-order chi connectivity index (χ0) is 26.3. The van der Waals surface area contributed by atoms with Gasteiger partial charge >= 0.3 is 5.97 Å². The minimum atomic E-state index is -1.33. The van der Waals surface area contributed by atoms with Crippen LogP contribution >= 0.6 is 11.8 Å². The maximum absolute atomic E-state index is 14.0. The average molecular weight is 519 g/mol. The Morgan fingerprint density at radius 3 is 2.41 bits per heavy atom. The summed E-state index contributed by atoms with van der Waals surface area (Å²) < 4.78 is 7.02. The first-order valence-corrected chi connectivity index (χ1v) is 13.6. The number of aryl methyl sites for hydroxylation is 2. The van der Waals surface area contributed by atoms with Gasteiger partial charge in [0.2, 0.25) is 11.8 Å². The first-order chi connectivity index (χ1) is 17.8. The first kappa shape index (κ1) is 25.2. The van der Waals surface area contributed by atoms with Crippen molar-refractivity contribution in [3.05, 3.63) is 77.6 Å². The van der Waals surface area contributed by atoms with E-state index >= 15 is 0 Å². The van der Waals surface area contributed by atoms with Crippen molar-refractivity contribution >= 4 is 35.2 Å². The van der Waals surface area contributed by atoms with Crippen LogP contribution in [0.4, 0.5) is 5.69 Å². The number of rotatable bonds is 7. The average Bonchev–Trinajstić information content (AvgIpc) is 3.54. The van der Waals surface area contributed by atoms with E-state index in [-0.39, 0.29) is 11.8 Å². The number of thioether (sulfide) groups is 1. The summed E-state index contributed by atoms with van der Waals surface area (Å²) in [7, 11) is 1.32. The number of nitrogens with one attached hydrogen (secondary N) is 1. The summed E-state index contributed by atoms with van der Waals surface area (Å²) in [4.78, 5) is 42.7. The van der Waals surface area contributed by atoms with E-state index in [1.54, 1.807) is 28.6 Å². The van der Waals surface area contributed by atoms with Crippen LogP contribution in [0.15, 0.2) is 60.8 Å². The van der Waals surface area contributed by atoms with Crippen LogP contribution in [0.5, 0.6) is 0 Å². The van der Waals surface area contributed by atoms with Crippen molar-refractivity contribution in [2.45, 2.75) is 31.8 Å². The molecule has 2 amide bonds. The number of amides is 2. The lowest BCUT2D eigenvalue weighted by molar-refractivity contribution is -0.152. The molecule has 192 valence electrons. The van der Waals surface area contributed by atoms with E-state index in [0.29, 0.717) is 17.9 Å². The highest BCUT2D eigenvalue weighted by Crippen LogP contribution is 2.52. The molecule has 0 unspecified atom stereocenters. The van der Waals surface area contributed by atoms with Crippen molar-refractivity contribution in [1.29, 1.82) is 0 Å². The van der Waals surface area contributed by atoms with Crippen LogP contribution in [0.1, 0.15) is 29.3 Å². The van der Waals surface area contributed by atoms with Crippen LogP contribution in [0.3, 0.4) is 0 Å². The highest BCUT2D eigenvalue weighted by molar-refractivity contribution is 7.98. The lowest BCUT2D eigenvalue weighted by Gasteiger charge is -2.32. The summed E-state index contributed by atoms with van der Waals surface area (Å²) in [5.74, 6) is -2.29. The second-order valence-electron chi connectivity index (χ2n) is 9.63. The molecule has 8 nitrogen and oxygen atoms in total. The molecule has 37 heavy (non-hydrogen) atoms. The van der Waals surface area contributed by atoms with Crippen LogP contribution in [0, 0.1) is 25.7 Å². The maximum atomic E-state index is 14.0. The van der Waals surface area contributed by atoms with Gasteiger partial charge in [-0.2, -0.15) is 16.9 Å². The first-order valence-electron chi connectivity index (χ1n) is 12.2. The standard InChI is InChI=1S/C28H30N4O4S/c1-17-10-12-20(13-11-17)32-25(33)22-23(26(32)34)28(14-15-37-4,27(35)36-3)29-24(22)21-16-31(30-18(21)2)19-8-6-5-7-9-19/h5-13,16,22-24,29H,14-15H2,1-4H3/t22-,23-,24-,28-/m1/s1. The van der Waals surface area contributed by atoms with Crippen molar-refractivity contribution in [2.75, 3.05) is 24.0 Å². The zero-order valence-electron chi connectivity index (χ0n) is 21.3. The van der Waals surface area contributed by atoms with Gasteiger partial charge in [0, 0.05) is 17.8 Å². The summed E-state index contributed by atoms with van der Waals surface area (Å²) in [5, 5.41) is 8.14. The molecule has 0 bridgehead atoms. The largest absolute Gasteiger partial charge is 0.468 e. The molecule has 0 aliphatic carbocycles. The van der Waals surface area contributed by atoms with Crippen molar-refractivity contribution < 1.29 is 19.1 Å². The molecule has 5 rings (SSSR count). The van der Waals surface area contributed by atoms with Gasteiger partial charge in [0.05, 0.1) is 36.0 Å². The number of methoxy groups -OCH3 is 1. The maximum Gasteiger partial charge on any atom is 0.326 e. The molecule has 0 saturated carbocycles. The summed E-state index contributed by atoms with van der Waals surface area (Å²) in [6.07, 6.45) is 4.18. The van der Waals surface area contributed by atoms with Gasteiger partial charge in [-0.15, -0.1) is 0 Å². The topological polar surface area (TPSA) is 93.5 Å². The number of imide groups is 1. The van der Waals surface area contributed by atoms with E-state index in [4.69, 9.17) is 9.84 Å². The predicted octanol–water partition coefficient (Wildman–Crippen LogP) is 3.60. The van der Waals surface area contributed by atoms with Crippen LogP contribution in [-0.2, 0) is 19.1 Å². The second kappa shape index (κ2) is 9.79. The Morgan fingerprint density at radius 2 is 1.76 bits per heavy atom. The van der Waals surface area contributed by atoms with Gasteiger partial charge in [-0.25, -0.2) is 9.58 Å². The van der Waals surface area contributed by atoms with Gasteiger partial charge in [0.15, 0.2) is 0 Å². The highest BCUT2D eigenvalue weighted by atomic mass is 32.2. The number of esters is 1. The molecule has 3 heterocycles. The molecule has 4 atom stereocenters. The highest BCUT2D eigenvalue weighted by Gasteiger charge is 2.69. The summed E-state index contributed by atoms with van der Waals surface area (Å²) >= 11 is 1.58. The monoisotopic (exact) mass is 518 g/mol. The van der Waals surface area contributed by atoms with E-state index < -0.39 is 29.4 Å². The van der Waals surface area contributed by atoms with E-state index in [2.05, 4.69) is 5.32 Å². The Labute approximate surface area is 220 Å². The number of hydrogen-bond acceptors (Lipinski definition) is 7. The molecule has 2 saturated heterocycles. The normalized spacial score (nSPS) is 25.0. The molecule has 0 spiro atoms. The van der Waals surface area contributed by atoms with E-state index in [9.17, 15) is 14.4 Å². The summed E-state index contributed by atoms with van der Waals surface area (Å²) in [6, 6.07) is 16.4. The molecular formula is C28H30N4O4S. The van der Waals surface area contributed by atoms with Gasteiger partial charge in [0.1, 0.15) is 5.54 Å². The number of para-hydroxylation sites is 1. The molecule has 0 radical (unpaired) electrons. The van der Waals surface area contributed by atoms with Crippen LogP contribution in [0.25, 0.3) is 5.69 Å². The molecule has 2 fully saturated rings. The zero-order valence-corrected chi connectivity index (χ0v) is 22.1. The van der Waals surface area contributed by atoms with E-state index in [0.717, 1.165) is 22.5 Å². The molecule has 2 aliphatic heterocycles. The predicted molar refractivity (Wildman–Crippen MR) is 143 cm³/mol. The fourth-order valence-corrected chi connectivity index (χ4v) is 6.20. The minimum Gasteiger partial charge on any atom is -0.468 e. The Balaban J connectivity index is 1.64. The number of carbonyl (C=O) groups excluding carboxylic acids is 3. The number of ether oxygens (including phenoxy) is 1.